The zero-order valence-corrected chi connectivity index (χ0v) is 20.6. The molecule has 8 nitrogen and oxygen atoms in total. The average molecular weight is 473 g/mol. The van der Waals surface area contributed by atoms with Crippen LogP contribution in [-0.4, -0.2) is 53.3 Å². The van der Waals surface area contributed by atoms with Crippen LogP contribution in [0.4, 0.5) is 0 Å². The number of nitrogens with zero attached hydrogens (tertiary/aromatic N) is 3. The molecule has 0 amide bonds. The second-order valence-electron chi connectivity index (χ2n) is 8.63. The molecule has 0 saturated heterocycles. The van der Waals surface area contributed by atoms with Crippen LogP contribution in [0.2, 0.25) is 0 Å². The van der Waals surface area contributed by atoms with Crippen LogP contribution in [0.3, 0.4) is 0 Å². The molecule has 2 heterocycles. The highest BCUT2D eigenvalue weighted by molar-refractivity contribution is 7.89. The summed E-state index contributed by atoms with van der Waals surface area (Å²) in [6, 6.07) is 7.69. The maximum atomic E-state index is 13.3. The fourth-order valence-electron chi connectivity index (χ4n) is 3.69. The van der Waals surface area contributed by atoms with Gasteiger partial charge in [0.25, 0.3) is 0 Å². The number of aromatic amines is 1. The number of esters is 1. The van der Waals surface area contributed by atoms with Gasteiger partial charge in [0, 0.05) is 19.7 Å². The number of pyridine rings is 1. The second-order valence-corrected chi connectivity index (χ2v) is 10.6. The molecule has 0 unspecified atom stereocenters. The third-order valence-corrected chi connectivity index (χ3v) is 7.30. The van der Waals surface area contributed by atoms with Crippen molar-refractivity contribution in [2.45, 2.75) is 57.9 Å². The van der Waals surface area contributed by atoms with Gasteiger partial charge in [-0.05, 0) is 49.4 Å². The molecule has 3 rings (SSSR count). The van der Waals surface area contributed by atoms with Crippen LogP contribution in [0.25, 0.3) is 11.0 Å². The zero-order valence-electron chi connectivity index (χ0n) is 19.8. The Kier molecular flexibility index (Phi) is 7.86. The molecule has 0 aliphatic rings. The van der Waals surface area contributed by atoms with Crippen molar-refractivity contribution in [2.75, 3.05) is 13.7 Å². The minimum Gasteiger partial charge on any atom is -0.465 e. The van der Waals surface area contributed by atoms with Gasteiger partial charge in [-0.25, -0.2) is 13.4 Å². The topological polar surface area (TPSA) is 105 Å². The number of sulfonamides is 1. The Balaban J connectivity index is 1.82. The van der Waals surface area contributed by atoms with Crippen LogP contribution in [0, 0.1) is 12.8 Å². The molecule has 0 aliphatic carbocycles. The van der Waals surface area contributed by atoms with Crippen molar-refractivity contribution in [3.05, 3.63) is 53.6 Å². The molecule has 178 valence electrons. The van der Waals surface area contributed by atoms with Gasteiger partial charge in [-0.2, -0.15) is 4.31 Å². The van der Waals surface area contributed by atoms with Gasteiger partial charge in [-0.1, -0.05) is 32.9 Å². The number of fused-ring (bicyclic) bond motifs is 1. The molecule has 1 aromatic carbocycles. The first-order valence-corrected chi connectivity index (χ1v) is 12.6. The Morgan fingerprint density at radius 2 is 1.88 bits per heavy atom. The molecule has 0 bridgehead atoms. The predicted octanol–water partition coefficient (Wildman–Crippen LogP) is 3.85. The number of hydrogen-bond acceptors (Lipinski definition) is 6. The van der Waals surface area contributed by atoms with Gasteiger partial charge in [0.2, 0.25) is 10.0 Å². The predicted molar refractivity (Wildman–Crippen MR) is 127 cm³/mol. The fourth-order valence-corrected chi connectivity index (χ4v) is 5.01. The molecule has 1 atom stereocenters. The number of rotatable bonds is 10. The summed E-state index contributed by atoms with van der Waals surface area (Å²) in [6.07, 6.45) is 3.32. The first-order chi connectivity index (χ1) is 15.6. The van der Waals surface area contributed by atoms with Gasteiger partial charge >= 0.3 is 5.97 Å². The number of likely N-dealkylation sites (N-methyl/N-ethyl adjacent to an activating group) is 1. The van der Waals surface area contributed by atoms with Crippen molar-refractivity contribution in [1.82, 2.24) is 19.3 Å². The van der Waals surface area contributed by atoms with Crippen molar-refractivity contribution >= 4 is 27.0 Å². The number of hydrogen-bond donors (Lipinski definition) is 1. The van der Waals surface area contributed by atoms with Crippen LogP contribution >= 0.6 is 0 Å². The highest BCUT2D eigenvalue weighted by Gasteiger charge is 2.34. The van der Waals surface area contributed by atoms with Crippen LogP contribution in [0.1, 0.15) is 50.7 Å². The monoisotopic (exact) mass is 472 g/mol. The molecule has 0 aliphatic heterocycles. The molecular weight excluding hydrogens is 440 g/mol. The standard InChI is InChI=1S/C24H32N4O4S/c1-6-13-32-24(29)22(14-16(2)3)28(5)33(30,31)19-9-7-18(8-10-19)15-21-23-20(11-12-25-21)26-17(4)27-23/h7-12,16,22H,6,13-15H2,1-5H3,(H,26,27)/t22-/m0/s1. The number of H-pyrrole nitrogens is 1. The minimum absolute atomic E-state index is 0.130. The third kappa shape index (κ3) is 5.78. The van der Waals surface area contributed by atoms with E-state index in [9.17, 15) is 13.2 Å². The van der Waals surface area contributed by atoms with E-state index in [1.54, 1.807) is 30.5 Å². The van der Waals surface area contributed by atoms with Crippen molar-refractivity contribution in [1.29, 1.82) is 0 Å². The second kappa shape index (κ2) is 10.4. The van der Waals surface area contributed by atoms with Gasteiger partial charge in [0.15, 0.2) is 0 Å². The number of benzene rings is 1. The summed E-state index contributed by atoms with van der Waals surface area (Å²) in [5.41, 5.74) is 3.47. The number of imidazole rings is 1. The van der Waals surface area contributed by atoms with Crippen molar-refractivity contribution in [2.24, 2.45) is 5.92 Å². The summed E-state index contributed by atoms with van der Waals surface area (Å²) in [5, 5.41) is 0. The average Bonchev–Trinajstić information content (AvgIpc) is 3.17. The lowest BCUT2D eigenvalue weighted by Crippen LogP contribution is -2.44. The Morgan fingerprint density at radius 1 is 1.18 bits per heavy atom. The van der Waals surface area contributed by atoms with Crippen molar-refractivity contribution in [3.8, 4) is 0 Å². The number of carbonyl (C=O) groups is 1. The Hall–Kier alpha value is -2.78. The molecule has 0 spiro atoms. The van der Waals surface area contributed by atoms with E-state index in [4.69, 9.17) is 4.74 Å². The highest BCUT2D eigenvalue weighted by Crippen LogP contribution is 2.23. The van der Waals surface area contributed by atoms with E-state index in [1.165, 1.54) is 7.05 Å². The summed E-state index contributed by atoms with van der Waals surface area (Å²) in [5.74, 6) is 0.434. The lowest BCUT2D eigenvalue weighted by molar-refractivity contribution is -0.148. The zero-order chi connectivity index (χ0) is 24.2. The molecule has 0 radical (unpaired) electrons. The van der Waals surface area contributed by atoms with Gasteiger partial charge < -0.3 is 9.72 Å². The van der Waals surface area contributed by atoms with Crippen molar-refractivity contribution < 1.29 is 17.9 Å². The SMILES string of the molecule is CCCOC(=O)[C@H](CC(C)C)N(C)S(=O)(=O)c1ccc(Cc2nccc3[nH]c(C)nc23)cc1. The quantitative estimate of drug-likeness (QED) is 0.450. The van der Waals surface area contributed by atoms with Gasteiger partial charge in [-0.3, -0.25) is 9.78 Å². The first-order valence-electron chi connectivity index (χ1n) is 11.2. The molecular formula is C24H32N4O4S. The van der Waals surface area contributed by atoms with Gasteiger partial charge in [-0.15, -0.1) is 0 Å². The van der Waals surface area contributed by atoms with Gasteiger partial charge in [0.05, 0.1) is 22.7 Å². The van der Waals surface area contributed by atoms with Crippen LogP contribution in [-0.2, 0) is 26.0 Å². The fraction of sp³-hybridized carbons (Fsp3) is 0.458. The Morgan fingerprint density at radius 3 is 2.52 bits per heavy atom. The maximum Gasteiger partial charge on any atom is 0.324 e. The number of aryl methyl sites for hydroxylation is 1. The summed E-state index contributed by atoms with van der Waals surface area (Å²) in [7, 11) is -2.44. The Labute approximate surface area is 195 Å². The smallest absolute Gasteiger partial charge is 0.324 e. The Bertz CT molecular complexity index is 1200. The number of carbonyl (C=O) groups excluding carboxylic acids is 1. The number of nitrogens with one attached hydrogen (secondary N) is 1. The first kappa shape index (κ1) is 24.9. The summed E-state index contributed by atoms with van der Waals surface area (Å²) in [6.45, 7) is 7.96. The van der Waals surface area contributed by atoms with E-state index in [0.717, 1.165) is 32.4 Å². The van der Waals surface area contributed by atoms with E-state index in [1.807, 2.05) is 33.8 Å². The van der Waals surface area contributed by atoms with E-state index < -0.39 is 22.0 Å². The minimum atomic E-state index is -3.88. The van der Waals surface area contributed by atoms with Crippen molar-refractivity contribution in [3.63, 3.8) is 0 Å². The van der Waals surface area contributed by atoms with Gasteiger partial charge in [0.1, 0.15) is 17.4 Å². The summed E-state index contributed by atoms with van der Waals surface area (Å²) < 4.78 is 32.9. The molecule has 33 heavy (non-hydrogen) atoms. The van der Waals surface area contributed by atoms with E-state index in [-0.39, 0.29) is 17.4 Å². The highest BCUT2D eigenvalue weighted by atomic mass is 32.2. The van der Waals surface area contributed by atoms with E-state index >= 15 is 0 Å². The molecule has 0 fully saturated rings. The van der Waals surface area contributed by atoms with Crippen LogP contribution in [0.5, 0.6) is 0 Å². The number of aromatic nitrogens is 3. The maximum absolute atomic E-state index is 13.3. The summed E-state index contributed by atoms with van der Waals surface area (Å²) in [4.78, 5) is 24.9. The lowest BCUT2D eigenvalue weighted by Gasteiger charge is -2.27. The van der Waals surface area contributed by atoms with E-state index in [0.29, 0.717) is 19.3 Å². The lowest BCUT2D eigenvalue weighted by atomic mass is 10.0. The molecule has 0 saturated carbocycles. The van der Waals surface area contributed by atoms with Crippen LogP contribution < -0.4 is 0 Å². The molecule has 3 aromatic rings. The molecule has 2 aromatic heterocycles. The summed E-state index contributed by atoms with van der Waals surface area (Å²) >= 11 is 0. The molecule has 1 N–H and O–H groups in total. The molecule has 9 heteroatoms. The largest absolute Gasteiger partial charge is 0.465 e. The normalized spacial score (nSPS) is 13.1. The number of ether oxygens (including phenoxy) is 1. The van der Waals surface area contributed by atoms with E-state index in [2.05, 4.69) is 15.0 Å². The van der Waals surface area contributed by atoms with Crippen LogP contribution in [0.15, 0.2) is 41.4 Å². The third-order valence-electron chi connectivity index (χ3n) is 5.42.